The summed E-state index contributed by atoms with van der Waals surface area (Å²) >= 11 is 6.05. The van der Waals surface area contributed by atoms with E-state index in [1.807, 2.05) is 58.2 Å². The summed E-state index contributed by atoms with van der Waals surface area (Å²) < 4.78 is 26.8. The Morgan fingerprint density at radius 3 is 2.11 bits per heavy atom. The average molecular weight is 522 g/mol. The van der Waals surface area contributed by atoms with Crippen LogP contribution in [0.15, 0.2) is 77.7 Å². The van der Waals surface area contributed by atoms with Gasteiger partial charge in [0.05, 0.1) is 4.90 Å². The molecule has 36 heavy (non-hydrogen) atoms. The molecule has 4 rings (SSSR count). The Morgan fingerprint density at radius 1 is 0.917 bits per heavy atom. The Kier molecular flexibility index (Phi) is 8.29. The van der Waals surface area contributed by atoms with Crippen molar-refractivity contribution in [3.05, 3.63) is 88.9 Å². The van der Waals surface area contributed by atoms with Crippen LogP contribution in [0.5, 0.6) is 0 Å². The summed E-state index contributed by atoms with van der Waals surface area (Å²) in [4.78, 5) is 15.4. The first-order valence-electron chi connectivity index (χ1n) is 12.0. The number of nitriles is 1. The second-order valence-electron chi connectivity index (χ2n) is 9.07. The largest absolute Gasteiger partial charge is 0.334 e. The number of amides is 1. The molecular formula is C28H28ClN3O3S. The molecule has 0 bridgehead atoms. The molecule has 1 aliphatic carbocycles. The van der Waals surface area contributed by atoms with E-state index < -0.39 is 10.0 Å². The van der Waals surface area contributed by atoms with Gasteiger partial charge in [-0.3, -0.25) is 4.79 Å². The van der Waals surface area contributed by atoms with E-state index in [9.17, 15) is 13.2 Å². The summed E-state index contributed by atoms with van der Waals surface area (Å²) in [5, 5.41) is 9.48. The van der Waals surface area contributed by atoms with Crippen molar-refractivity contribution in [2.45, 2.75) is 50.1 Å². The third-order valence-electron chi connectivity index (χ3n) is 6.55. The lowest BCUT2D eigenvalue weighted by molar-refractivity contribution is -0.137. The smallest absolute Gasteiger partial charge is 0.270 e. The first kappa shape index (κ1) is 25.7. The van der Waals surface area contributed by atoms with Gasteiger partial charge in [-0.25, -0.2) is 13.1 Å². The normalized spacial score (nSPS) is 14.1. The highest BCUT2D eigenvalue weighted by Crippen LogP contribution is 2.29. The number of hydrogen-bond acceptors (Lipinski definition) is 4. The van der Waals surface area contributed by atoms with E-state index in [0.717, 1.165) is 36.8 Å². The SMILES string of the molecule is N#CNS(=O)(=O)c1ccccc1-c1ccc(CN(Cc2ccc(Cl)cc2)C(=O)C2CCCCC2)cc1. The molecule has 0 aromatic heterocycles. The summed E-state index contributed by atoms with van der Waals surface area (Å²) in [6.45, 7) is 0.948. The summed E-state index contributed by atoms with van der Waals surface area (Å²) in [5.41, 5.74) is 3.18. The minimum atomic E-state index is -3.95. The lowest BCUT2D eigenvalue weighted by Gasteiger charge is -2.30. The van der Waals surface area contributed by atoms with E-state index in [1.54, 1.807) is 18.2 Å². The highest BCUT2D eigenvalue weighted by atomic mass is 35.5. The lowest BCUT2D eigenvalue weighted by atomic mass is 9.88. The summed E-state index contributed by atoms with van der Waals surface area (Å²) in [7, 11) is -3.95. The van der Waals surface area contributed by atoms with Gasteiger partial charge in [0.15, 0.2) is 6.19 Å². The van der Waals surface area contributed by atoms with Crippen molar-refractivity contribution in [3.8, 4) is 17.3 Å². The first-order chi connectivity index (χ1) is 17.4. The van der Waals surface area contributed by atoms with Gasteiger partial charge in [0.1, 0.15) is 0 Å². The van der Waals surface area contributed by atoms with Crippen LogP contribution in [0, 0.1) is 17.4 Å². The molecule has 6 nitrogen and oxygen atoms in total. The molecule has 3 aromatic carbocycles. The molecule has 0 spiro atoms. The summed E-state index contributed by atoms with van der Waals surface area (Å²) in [5.74, 6) is 0.225. The number of carbonyl (C=O) groups is 1. The van der Waals surface area contributed by atoms with Crippen LogP contribution < -0.4 is 4.72 Å². The number of carbonyl (C=O) groups excluding carboxylic acids is 1. The fourth-order valence-electron chi connectivity index (χ4n) is 4.69. The van der Waals surface area contributed by atoms with Crippen molar-refractivity contribution in [2.75, 3.05) is 0 Å². The first-order valence-corrected chi connectivity index (χ1v) is 13.9. The van der Waals surface area contributed by atoms with E-state index in [0.29, 0.717) is 29.2 Å². The molecule has 8 heteroatoms. The zero-order valence-corrected chi connectivity index (χ0v) is 21.4. The van der Waals surface area contributed by atoms with Gasteiger partial charge >= 0.3 is 0 Å². The van der Waals surface area contributed by atoms with Gasteiger partial charge < -0.3 is 4.90 Å². The molecule has 1 N–H and O–H groups in total. The van der Waals surface area contributed by atoms with Crippen LogP contribution in [-0.4, -0.2) is 19.2 Å². The van der Waals surface area contributed by atoms with Crippen LogP contribution in [0.3, 0.4) is 0 Å². The quantitative estimate of drug-likeness (QED) is 0.296. The Morgan fingerprint density at radius 2 is 1.50 bits per heavy atom. The van der Waals surface area contributed by atoms with Gasteiger partial charge in [-0.05, 0) is 47.7 Å². The minimum Gasteiger partial charge on any atom is -0.334 e. The molecular weight excluding hydrogens is 494 g/mol. The third kappa shape index (κ3) is 6.26. The van der Waals surface area contributed by atoms with E-state index >= 15 is 0 Å². The van der Waals surface area contributed by atoms with Gasteiger partial charge in [-0.15, -0.1) is 0 Å². The second-order valence-corrected chi connectivity index (χ2v) is 11.2. The maximum atomic E-state index is 13.5. The third-order valence-corrected chi connectivity index (χ3v) is 8.09. The van der Waals surface area contributed by atoms with Crippen LogP contribution in [-0.2, 0) is 27.9 Å². The predicted molar refractivity (Wildman–Crippen MR) is 140 cm³/mol. The highest BCUT2D eigenvalue weighted by Gasteiger charge is 2.26. The number of benzene rings is 3. The molecule has 186 valence electrons. The Balaban J connectivity index is 1.58. The monoisotopic (exact) mass is 521 g/mol. The van der Waals surface area contributed by atoms with Crippen molar-refractivity contribution in [2.24, 2.45) is 5.92 Å². The maximum absolute atomic E-state index is 13.5. The van der Waals surface area contributed by atoms with Crippen molar-refractivity contribution in [3.63, 3.8) is 0 Å². The molecule has 1 saturated carbocycles. The molecule has 1 aliphatic rings. The molecule has 0 unspecified atom stereocenters. The average Bonchev–Trinajstić information content (AvgIpc) is 2.90. The standard InChI is InChI=1S/C28H28ClN3O3S/c29-25-16-12-22(13-17-25)19-32(28(33)24-6-2-1-3-7-24)18-21-10-14-23(15-11-21)26-8-4-5-9-27(26)36(34,35)31-20-30/h4-5,8-17,24,31H,1-3,6-7,18-19H2. The van der Waals surface area contributed by atoms with Crippen molar-refractivity contribution in [1.29, 1.82) is 5.26 Å². The van der Waals surface area contributed by atoms with Gasteiger partial charge in [0.25, 0.3) is 10.0 Å². The zero-order valence-electron chi connectivity index (χ0n) is 19.9. The van der Waals surface area contributed by atoms with Crippen LogP contribution in [0.1, 0.15) is 43.2 Å². The topological polar surface area (TPSA) is 90.3 Å². The number of rotatable bonds is 8. The van der Waals surface area contributed by atoms with Crippen molar-refractivity contribution < 1.29 is 13.2 Å². The van der Waals surface area contributed by atoms with Crippen LogP contribution >= 0.6 is 11.6 Å². The number of nitrogens with one attached hydrogen (secondary N) is 1. The van der Waals surface area contributed by atoms with Gasteiger partial charge in [-0.1, -0.05) is 85.5 Å². The molecule has 0 aliphatic heterocycles. The maximum Gasteiger partial charge on any atom is 0.270 e. The molecule has 1 fully saturated rings. The van der Waals surface area contributed by atoms with Crippen LogP contribution in [0.25, 0.3) is 11.1 Å². The Labute approximate surface area is 217 Å². The molecule has 0 radical (unpaired) electrons. The predicted octanol–water partition coefficient (Wildman–Crippen LogP) is 5.88. The zero-order chi connectivity index (χ0) is 25.5. The lowest BCUT2D eigenvalue weighted by Crippen LogP contribution is -2.36. The highest BCUT2D eigenvalue weighted by molar-refractivity contribution is 7.89. The van der Waals surface area contributed by atoms with E-state index in [1.165, 1.54) is 18.7 Å². The fraction of sp³-hybridized carbons (Fsp3) is 0.286. The number of sulfonamides is 1. The molecule has 1 amide bonds. The van der Waals surface area contributed by atoms with E-state index in [4.69, 9.17) is 16.9 Å². The minimum absolute atomic E-state index is 0.0381. The van der Waals surface area contributed by atoms with Gasteiger partial charge in [0.2, 0.25) is 5.91 Å². The van der Waals surface area contributed by atoms with Gasteiger partial charge in [-0.2, -0.15) is 5.26 Å². The molecule has 3 aromatic rings. The Hall–Kier alpha value is -3.34. The van der Waals surface area contributed by atoms with E-state index in [-0.39, 0.29) is 16.7 Å². The number of hydrogen-bond donors (Lipinski definition) is 1. The van der Waals surface area contributed by atoms with Crippen molar-refractivity contribution >= 4 is 27.5 Å². The van der Waals surface area contributed by atoms with Crippen molar-refractivity contribution in [1.82, 2.24) is 9.62 Å². The van der Waals surface area contributed by atoms with Crippen LogP contribution in [0.2, 0.25) is 5.02 Å². The molecule has 0 atom stereocenters. The summed E-state index contributed by atoms with van der Waals surface area (Å²) in [6, 6.07) is 21.6. The summed E-state index contributed by atoms with van der Waals surface area (Å²) in [6.07, 6.45) is 6.70. The molecule has 0 saturated heterocycles. The number of halogens is 1. The van der Waals surface area contributed by atoms with E-state index in [2.05, 4.69) is 0 Å². The fourth-order valence-corrected chi connectivity index (χ4v) is 5.78. The molecule has 0 heterocycles. The second kappa shape index (κ2) is 11.6. The number of nitrogens with zero attached hydrogens (tertiary/aromatic N) is 2. The Bertz CT molecular complexity index is 1340. The van der Waals surface area contributed by atoms with Gasteiger partial charge in [0, 0.05) is 29.6 Å². The van der Waals surface area contributed by atoms with Crippen LogP contribution in [0.4, 0.5) is 0 Å².